The maximum Gasteiger partial charge on any atom is 0.225 e. The summed E-state index contributed by atoms with van der Waals surface area (Å²) in [4.78, 5) is 20.8. The number of fused-ring (bicyclic) bond motifs is 1. The zero-order valence-corrected chi connectivity index (χ0v) is 19.9. The monoisotopic (exact) mass is 489 g/mol. The number of rotatable bonds is 12. The molecule has 5 nitrogen and oxygen atoms in total. The van der Waals surface area contributed by atoms with Gasteiger partial charge >= 0.3 is 0 Å². The summed E-state index contributed by atoms with van der Waals surface area (Å²) in [7, 11) is 0. The second-order valence-corrected chi connectivity index (χ2v) is 8.25. The number of halogens is 2. The standard InChI is InChI=1S/C29H29F2N3O2/c1-4-7-20(14-22(31)11-12-30)15-27(29-24(19(3)5-2)8-6-13-32-29)34-28(36)16-21-18-33-26-10-9-23(35)17-25(21)26/h4-6,8-11,13-14,17-18,27,33,35H,1-3,7,12,15-16H2,(H,34,36). The van der Waals surface area contributed by atoms with Crippen molar-refractivity contribution in [2.24, 2.45) is 0 Å². The van der Waals surface area contributed by atoms with E-state index >= 15 is 0 Å². The van der Waals surface area contributed by atoms with E-state index in [-0.39, 0.29) is 24.5 Å². The summed E-state index contributed by atoms with van der Waals surface area (Å²) in [6.45, 7) is 10.6. The second kappa shape index (κ2) is 12.4. The minimum atomic E-state index is -0.923. The maximum atomic E-state index is 14.1. The van der Waals surface area contributed by atoms with Crippen LogP contribution in [-0.4, -0.2) is 27.7 Å². The molecule has 3 N–H and O–H groups in total. The fourth-order valence-corrected chi connectivity index (χ4v) is 4.00. The van der Waals surface area contributed by atoms with Crippen LogP contribution >= 0.6 is 0 Å². The van der Waals surface area contributed by atoms with Crippen molar-refractivity contribution in [1.82, 2.24) is 15.3 Å². The summed E-state index contributed by atoms with van der Waals surface area (Å²) in [5, 5.41) is 13.6. The molecule has 1 unspecified atom stereocenters. The number of alkyl halides is 1. The highest BCUT2D eigenvalue weighted by Crippen LogP contribution is 2.29. The van der Waals surface area contributed by atoms with Gasteiger partial charge in [-0.2, -0.15) is 0 Å². The van der Waals surface area contributed by atoms with E-state index in [1.807, 2.05) is 6.07 Å². The Morgan fingerprint density at radius 3 is 2.81 bits per heavy atom. The lowest BCUT2D eigenvalue weighted by Gasteiger charge is -2.22. The Balaban J connectivity index is 1.96. The quantitative estimate of drug-likeness (QED) is 0.199. The Morgan fingerprint density at radius 2 is 2.08 bits per heavy atom. The van der Waals surface area contributed by atoms with Crippen molar-refractivity contribution < 1.29 is 18.7 Å². The second-order valence-electron chi connectivity index (χ2n) is 8.25. The topological polar surface area (TPSA) is 78.0 Å². The summed E-state index contributed by atoms with van der Waals surface area (Å²) in [6.07, 6.45) is 9.25. The van der Waals surface area contributed by atoms with Crippen LogP contribution in [0.15, 0.2) is 98.2 Å². The predicted molar refractivity (Wildman–Crippen MR) is 141 cm³/mol. The average molecular weight is 490 g/mol. The third kappa shape index (κ3) is 6.66. The van der Waals surface area contributed by atoms with Crippen LogP contribution in [0.4, 0.5) is 8.78 Å². The number of amides is 1. The van der Waals surface area contributed by atoms with Gasteiger partial charge in [-0.3, -0.25) is 9.78 Å². The summed E-state index contributed by atoms with van der Waals surface area (Å²) < 4.78 is 26.7. The number of carbonyl (C=O) groups is 1. The molecule has 1 amide bonds. The average Bonchev–Trinajstić information content (AvgIpc) is 3.24. The maximum absolute atomic E-state index is 14.1. The highest BCUT2D eigenvalue weighted by atomic mass is 19.1. The molecule has 36 heavy (non-hydrogen) atoms. The van der Waals surface area contributed by atoms with Crippen molar-refractivity contribution >= 4 is 22.4 Å². The molecule has 0 aliphatic rings. The normalized spacial score (nSPS) is 12.8. The Kier molecular flexibility index (Phi) is 9.11. The molecule has 2 aromatic heterocycles. The molecule has 0 saturated heterocycles. The third-order valence-electron chi connectivity index (χ3n) is 5.69. The van der Waals surface area contributed by atoms with E-state index in [0.717, 1.165) is 17.0 Å². The number of hydrogen-bond donors (Lipinski definition) is 3. The number of aromatic amines is 1. The molecule has 2 heterocycles. The number of hydrogen-bond acceptors (Lipinski definition) is 3. The van der Waals surface area contributed by atoms with Crippen molar-refractivity contribution in [2.75, 3.05) is 6.67 Å². The molecule has 7 heteroatoms. The number of carbonyl (C=O) groups excluding carboxylic acids is 1. The zero-order valence-electron chi connectivity index (χ0n) is 19.9. The number of phenolic OH excluding ortho intramolecular Hbond substituents is 1. The number of allylic oxidation sites excluding steroid dienone is 6. The predicted octanol–water partition coefficient (Wildman–Crippen LogP) is 6.58. The lowest BCUT2D eigenvalue weighted by molar-refractivity contribution is -0.121. The van der Waals surface area contributed by atoms with E-state index in [1.54, 1.807) is 48.8 Å². The van der Waals surface area contributed by atoms with Gasteiger partial charge in [0.15, 0.2) is 0 Å². The van der Waals surface area contributed by atoms with Crippen LogP contribution < -0.4 is 5.32 Å². The van der Waals surface area contributed by atoms with Crippen LogP contribution in [-0.2, 0) is 11.2 Å². The van der Waals surface area contributed by atoms with E-state index in [0.29, 0.717) is 34.4 Å². The van der Waals surface area contributed by atoms with Gasteiger partial charge in [0.1, 0.15) is 18.3 Å². The minimum absolute atomic E-state index is 0.0428. The largest absolute Gasteiger partial charge is 0.508 e. The van der Waals surface area contributed by atoms with Gasteiger partial charge in [0.2, 0.25) is 5.91 Å². The fraction of sp³-hybridized carbons (Fsp3) is 0.172. The van der Waals surface area contributed by atoms with Crippen LogP contribution in [0.3, 0.4) is 0 Å². The molecular weight excluding hydrogens is 460 g/mol. The summed E-state index contributed by atoms with van der Waals surface area (Å²) in [5.41, 5.74) is 4.00. The molecule has 3 aromatic rings. The summed E-state index contributed by atoms with van der Waals surface area (Å²) >= 11 is 0. The van der Waals surface area contributed by atoms with Gasteiger partial charge in [-0.05, 0) is 60.4 Å². The van der Waals surface area contributed by atoms with E-state index in [1.165, 1.54) is 6.08 Å². The molecule has 0 radical (unpaired) electrons. The van der Waals surface area contributed by atoms with Crippen molar-refractivity contribution in [3.05, 3.63) is 115 Å². The van der Waals surface area contributed by atoms with E-state index in [9.17, 15) is 18.7 Å². The number of nitrogens with zero attached hydrogens (tertiary/aromatic N) is 1. The number of aromatic hydroxyl groups is 1. The minimum Gasteiger partial charge on any atom is -0.508 e. The Bertz CT molecular complexity index is 1340. The first kappa shape index (κ1) is 26.3. The number of aromatic nitrogens is 2. The van der Waals surface area contributed by atoms with Crippen LogP contribution in [0, 0.1) is 0 Å². The molecule has 0 spiro atoms. The number of H-pyrrole nitrogens is 1. The molecule has 0 aliphatic carbocycles. The van der Waals surface area contributed by atoms with Gasteiger partial charge in [0.25, 0.3) is 0 Å². The Morgan fingerprint density at radius 1 is 1.28 bits per heavy atom. The zero-order chi connectivity index (χ0) is 26.1. The molecule has 0 aliphatic heterocycles. The lowest BCUT2D eigenvalue weighted by Crippen LogP contribution is -2.31. The summed E-state index contributed by atoms with van der Waals surface area (Å²) in [5.74, 6) is -0.886. The number of phenols is 1. The molecule has 1 aromatic carbocycles. The van der Waals surface area contributed by atoms with Crippen LogP contribution in [0.25, 0.3) is 16.5 Å². The molecule has 1 atom stereocenters. The SMILES string of the molecule is C=CCC(=CC(F)=CCF)CC(NC(=O)Cc1c[nH]c2ccc(O)cc12)c1ncccc1C(=C)C=C. The van der Waals surface area contributed by atoms with Gasteiger partial charge in [-0.25, -0.2) is 8.78 Å². The summed E-state index contributed by atoms with van der Waals surface area (Å²) in [6, 6.07) is 7.86. The Labute approximate surface area is 209 Å². The molecule has 186 valence electrons. The lowest BCUT2D eigenvalue weighted by atomic mass is 9.94. The first-order valence-electron chi connectivity index (χ1n) is 11.4. The van der Waals surface area contributed by atoms with Gasteiger partial charge < -0.3 is 15.4 Å². The molecular formula is C29H29F2N3O2. The van der Waals surface area contributed by atoms with E-state index in [4.69, 9.17) is 0 Å². The first-order valence-corrected chi connectivity index (χ1v) is 11.4. The van der Waals surface area contributed by atoms with Crippen LogP contribution in [0.5, 0.6) is 5.75 Å². The third-order valence-corrected chi connectivity index (χ3v) is 5.69. The van der Waals surface area contributed by atoms with Crippen LogP contribution in [0.1, 0.15) is 35.7 Å². The highest BCUT2D eigenvalue weighted by molar-refractivity contribution is 5.90. The van der Waals surface area contributed by atoms with E-state index < -0.39 is 18.5 Å². The smallest absolute Gasteiger partial charge is 0.225 e. The van der Waals surface area contributed by atoms with Crippen LogP contribution in [0.2, 0.25) is 0 Å². The fourth-order valence-electron chi connectivity index (χ4n) is 4.00. The number of benzene rings is 1. The number of nitrogens with one attached hydrogen (secondary N) is 2. The van der Waals surface area contributed by atoms with E-state index in [2.05, 4.69) is 35.0 Å². The van der Waals surface area contributed by atoms with Gasteiger partial charge in [0.05, 0.1) is 18.2 Å². The Hall–Kier alpha value is -4.26. The van der Waals surface area contributed by atoms with Gasteiger partial charge in [0, 0.05) is 28.9 Å². The van der Waals surface area contributed by atoms with Gasteiger partial charge in [-0.15, -0.1) is 6.58 Å². The van der Waals surface area contributed by atoms with Gasteiger partial charge in [-0.1, -0.05) is 36.9 Å². The first-order chi connectivity index (χ1) is 17.4. The van der Waals surface area contributed by atoms with Crippen molar-refractivity contribution in [3.63, 3.8) is 0 Å². The molecule has 0 saturated carbocycles. The van der Waals surface area contributed by atoms with Crippen molar-refractivity contribution in [1.29, 1.82) is 0 Å². The molecule has 3 rings (SSSR count). The molecule has 0 bridgehead atoms. The van der Waals surface area contributed by atoms with Crippen molar-refractivity contribution in [3.8, 4) is 5.75 Å². The highest BCUT2D eigenvalue weighted by Gasteiger charge is 2.22. The van der Waals surface area contributed by atoms with Crippen molar-refractivity contribution in [2.45, 2.75) is 25.3 Å². The molecule has 0 fully saturated rings. The number of pyridine rings is 1.